The SMILES string of the molecule is CC1CN(c2ccc(N3CCc4c(C(C)c5ccc(F)cc5)ncnc43)cc2O)C=N1. The number of anilines is 3. The molecule has 0 amide bonds. The van der Waals surface area contributed by atoms with Gasteiger partial charge in [0, 0.05) is 36.3 Å². The zero-order valence-electron chi connectivity index (χ0n) is 17.5. The predicted molar refractivity (Wildman–Crippen MR) is 120 cm³/mol. The van der Waals surface area contributed by atoms with E-state index in [-0.39, 0.29) is 23.5 Å². The number of rotatable bonds is 4. The molecule has 7 heteroatoms. The highest BCUT2D eigenvalue weighted by atomic mass is 19.1. The molecule has 3 heterocycles. The second-order valence-corrected chi connectivity index (χ2v) is 8.17. The highest BCUT2D eigenvalue weighted by Gasteiger charge is 2.28. The summed E-state index contributed by atoms with van der Waals surface area (Å²) >= 11 is 0. The molecule has 0 radical (unpaired) electrons. The number of hydrogen-bond donors (Lipinski definition) is 1. The molecular formula is C24H24FN5O. The van der Waals surface area contributed by atoms with E-state index in [9.17, 15) is 9.50 Å². The fraction of sp³-hybridized carbons (Fsp3) is 0.292. The second-order valence-electron chi connectivity index (χ2n) is 8.17. The molecule has 0 saturated heterocycles. The fourth-order valence-electron chi connectivity index (χ4n) is 4.41. The molecule has 3 aromatic rings. The van der Waals surface area contributed by atoms with Crippen LogP contribution in [0.15, 0.2) is 53.8 Å². The Bertz CT molecular complexity index is 1150. The Morgan fingerprint density at radius 2 is 1.94 bits per heavy atom. The zero-order chi connectivity index (χ0) is 21.5. The lowest BCUT2D eigenvalue weighted by Gasteiger charge is -2.22. The number of fused-ring (bicyclic) bond motifs is 1. The van der Waals surface area contributed by atoms with Gasteiger partial charge in [-0.3, -0.25) is 4.99 Å². The van der Waals surface area contributed by atoms with Crippen molar-refractivity contribution in [1.82, 2.24) is 9.97 Å². The van der Waals surface area contributed by atoms with Crippen LogP contribution in [0.2, 0.25) is 0 Å². The molecule has 1 aromatic heterocycles. The fourth-order valence-corrected chi connectivity index (χ4v) is 4.41. The molecule has 0 aliphatic carbocycles. The number of phenols is 1. The number of hydrogen-bond acceptors (Lipinski definition) is 6. The summed E-state index contributed by atoms with van der Waals surface area (Å²) in [5, 5.41) is 10.7. The topological polar surface area (TPSA) is 64.9 Å². The molecule has 5 rings (SSSR count). The quantitative estimate of drug-likeness (QED) is 0.682. The van der Waals surface area contributed by atoms with Gasteiger partial charge in [0.2, 0.25) is 0 Å². The van der Waals surface area contributed by atoms with Crippen molar-refractivity contribution in [3.05, 3.63) is 71.4 Å². The van der Waals surface area contributed by atoms with Gasteiger partial charge in [-0.05, 0) is 43.2 Å². The molecule has 6 nitrogen and oxygen atoms in total. The smallest absolute Gasteiger partial charge is 0.141 e. The van der Waals surface area contributed by atoms with Gasteiger partial charge in [-0.25, -0.2) is 14.4 Å². The molecule has 0 fully saturated rings. The molecule has 0 spiro atoms. The first-order chi connectivity index (χ1) is 15.0. The summed E-state index contributed by atoms with van der Waals surface area (Å²) in [4.78, 5) is 17.6. The number of aliphatic imine (C=N–C) groups is 1. The Balaban J connectivity index is 1.45. The number of aromatic nitrogens is 2. The van der Waals surface area contributed by atoms with E-state index < -0.39 is 0 Å². The van der Waals surface area contributed by atoms with Crippen molar-refractivity contribution in [2.24, 2.45) is 4.99 Å². The minimum Gasteiger partial charge on any atom is -0.506 e. The largest absolute Gasteiger partial charge is 0.506 e. The summed E-state index contributed by atoms with van der Waals surface area (Å²) in [7, 11) is 0. The maximum Gasteiger partial charge on any atom is 0.141 e. The third-order valence-electron chi connectivity index (χ3n) is 6.08. The Morgan fingerprint density at radius 1 is 1.13 bits per heavy atom. The highest BCUT2D eigenvalue weighted by Crippen LogP contribution is 2.40. The Kier molecular flexibility index (Phi) is 4.81. The van der Waals surface area contributed by atoms with Gasteiger partial charge in [-0.15, -0.1) is 0 Å². The Morgan fingerprint density at radius 3 is 2.65 bits per heavy atom. The number of aromatic hydroxyl groups is 1. The summed E-state index contributed by atoms with van der Waals surface area (Å²) in [6, 6.07) is 12.5. The van der Waals surface area contributed by atoms with Gasteiger partial charge in [0.1, 0.15) is 23.7 Å². The van der Waals surface area contributed by atoms with Crippen molar-refractivity contribution < 1.29 is 9.50 Å². The second kappa shape index (κ2) is 7.65. The summed E-state index contributed by atoms with van der Waals surface area (Å²) in [6.45, 7) is 5.65. The molecule has 2 aliphatic heterocycles. The van der Waals surface area contributed by atoms with Gasteiger partial charge in [0.25, 0.3) is 0 Å². The average molecular weight is 417 g/mol. The van der Waals surface area contributed by atoms with Crippen molar-refractivity contribution >= 4 is 23.5 Å². The predicted octanol–water partition coefficient (Wildman–Crippen LogP) is 4.40. The van der Waals surface area contributed by atoms with E-state index in [1.165, 1.54) is 12.1 Å². The van der Waals surface area contributed by atoms with E-state index in [1.54, 1.807) is 30.9 Å². The van der Waals surface area contributed by atoms with Gasteiger partial charge in [-0.2, -0.15) is 0 Å². The molecule has 1 N–H and O–H groups in total. The lowest BCUT2D eigenvalue weighted by molar-refractivity contribution is 0.476. The van der Waals surface area contributed by atoms with Crippen molar-refractivity contribution in [1.29, 1.82) is 0 Å². The van der Waals surface area contributed by atoms with Crippen LogP contribution < -0.4 is 9.80 Å². The van der Waals surface area contributed by atoms with Crippen LogP contribution in [0.4, 0.5) is 21.6 Å². The number of halogens is 1. The van der Waals surface area contributed by atoms with Gasteiger partial charge in [-0.1, -0.05) is 19.1 Å². The summed E-state index contributed by atoms with van der Waals surface area (Å²) in [5.41, 5.74) is 4.72. The summed E-state index contributed by atoms with van der Waals surface area (Å²) in [6.07, 6.45) is 4.18. The van der Waals surface area contributed by atoms with E-state index in [0.29, 0.717) is 0 Å². The molecular weight excluding hydrogens is 393 g/mol. The standard InChI is InChI=1S/C24H24FN5O/c1-15-12-29(14-28-15)21-8-7-19(11-22(21)31)30-10-9-20-23(26-13-27-24(20)30)16(2)17-3-5-18(25)6-4-17/h3-8,11,13-16,31H,9-10,12H2,1-2H3. The van der Waals surface area contributed by atoms with Crippen LogP contribution in [0.25, 0.3) is 0 Å². The molecule has 0 saturated carbocycles. The van der Waals surface area contributed by atoms with Crippen molar-refractivity contribution in [3.8, 4) is 5.75 Å². The molecule has 158 valence electrons. The molecule has 2 unspecified atom stereocenters. The minimum absolute atomic E-state index is 0.0320. The maximum absolute atomic E-state index is 13.3. The summed E-state index contributed by atoms with van der Waals surface area (Å²) in [5.74, 6) is 0.875. The van der Waals surface area contributed by atoms with Crippen LogP contribution >= 0.6 is 0 Å². The first-order valence-corrected chi connectivity index (χ1v) is 10.5. The molecule has 2 aromatic carbocycles. The van der Waals surface area contributed by atoms with Crippen LogP contribution in [-0.4, -0.2) is 40.5 Å². The van der Waals surface area contributed by atoms with E-state index in [4.69, 9.17) is 0 Å². The van der Waals surface area contributed by atoms with E-state index in [0.717, 1.165) is 53.5 Å². The third-order valence-corrected chi connectivity index (χ3v) is 6.08. The van der Waals surface area contributed by atoms with Crippen LogP contribution in [0, 0.1) is 5.82 Å². The van der Waals surface area contributed by atoms with Crippen molar-refractivity contribution in [2.45, 2.75) is 32.2 Å². The van der Waals surface area contributed by atoms with Crippen LogP contribution in [0.3, 0.4) is 0 Å². The first-order valence-electron chi connectivity index (χ1n) is 10.5. The molecule has 2 atom stereocenters. The third kappa shape index (κ3) is 3.50. The van der Waals surface area contributed by atoms with Gasteiger partial charge in [0.15, 0.2) is 0 Å². The van der Waals surface area contributed by atoms with E-state index >= 15 is 0 Å². The molecule has 0 bridgehead atoms. The van der Waals surface area contributed by atoms with Gasteiger partial charge in [0.05, 0.1) is 23.8 Å². The molecule has 31 heavy (non-hydrogen) atoms. The lowest BCUT2D eigenvalue weighted by atomic mass is 9.94. The van der Waals surface area contributed by atoms with Crippen molar-refractivity contribution in [2.75, 3.05) is 22.9 Å². The van der Waals surface area contributed by atoms with Gasteiger partial charge < -0.3 is 14.9 Å². The maximum atomic E-state index is 13.3. The lowest BCUT2D eigenvalue weighted by Crippen LogP contribution is -2.21. The van der Waals surface area contributed by atoms with E-state index in [2.05, 4.69) is 26.8 Å². The number of benzene rings is 2. The Hall–Kier alpha value is -3.48. The highest BCUT2D eigenvalue weighted by molar-refractivity contribution is 5.85. The zero-order valence-corrected chi connectivity index (χ0v) is 17.5. The van der Waals surface area contributed by atoms with Gasteiger partial charge >= 0.3 is 0 Å². The summed E-state index contributed by atoms with van der Waals surface area (Å²) < 4.78 is 13.3. The molecule has 2 aliphatic rings. The normalized spacial score (nSPS) is 18.5. The van der Waals surface area contributed by atoms with E-state index in [1.807, 2.05) is 24.0 Å². The van der Waals surface area contributed by atoms with Crippen molar-refractivity contribution in [3.63, 3.8) is 0 Å². The minimum atomic E-state index is -0.243. The Labute approximate surface area is 180 Å². The first kappa shape index (κ1) is 19.5. The van der Waals surface area contributed by atoms with Crippen LogP contribution in [0.5, 0.6) is 5.75 Å². The average Bonchev–Trinajstić information content (AvgIpc) is 3.40. The number of nitrogens with zero attached hydrogens (tertiary/aromatic N) is 5. The monoisotopic (exact) mass is 417 g/mol. The van der Waals surface area contributed by atoms with Crippen LogP contribution in [-0.2, 0) is 6.42 Å². The van der Waals surface area contributed by atoms with Crippen LogP contribution in [0.1, 0.15) is 36.6 Å². The number of phenolic OH excluding ortho intramolecular Hbond substituents is 1.